The van der Waals surface area contributed by atoms with E-state index in [1.54, 1.807) is 13.2 Å². The third-order valence-corrected chi connectivity index (χ3v) is 2.28. The Morgan fingerprint density at radius 2 is 2.29 bits per heavy atom. The van der Waals surface area contributed by atoms with Crippen molar-refractivity contribution in [2.24, 2.45) is 0 Å². The minimum Gasteiger partial charge on any atom is -0.392 e. The number of aliphatic hydroxyl groups excluding tert-OH is 1. The van der Waals surface area contributed by atoms with Crippen LogP contribution in [0.5, 0.6) is 0 Å². The maximum absolute atomic E-state index is 13.1. The van der Waals surface area contributed by atoms with Crippen LogP contribution in [-0.2, 0) is 6.61 Å². The van der Waals surface area contributed by atoms with Crippen LogP contribution in [0.4, 0.5) is 10.1 Å². The molecule has 0 atom stereocenters. The van der Waals surface area contributed by atoms with Crippen molar-refractivity contribution in [3.05, 3.63) is 29.7 Å². The normalized spacial score (nSPS) is 10.8. The number of aliphatic hydroxyl groups is 1. The van der Waals surface area contributed by atoms with Gasteiger partial charge in [0.05, 0.1) is 17.8 Å². The molecule has 1 aromatic carbocycles. The van der Waals surface area contributed by atoms with Gasteiger partial charge in [0.25, 0.3) is 0 Å². The molecule has 0 radical (unpaired) electrons. The van der Waals surface area contributed by atoms with Crippen molar-refractivity contribution < 1.29 is 9.50 Å². The Morgan fingerprint density at radius 3 is 2.93 bits per heavy atom. The molecule has 0 unspecified atom stereocenters. The molecule has 0 spiro atoms. The van der Waals surface area contributed by atoms with Crippen molar-refractivity contribution >= 4 is 16.6 Å². The van der Waals surface area contributed by atoms with Crippen molar-refractivity contribution in [2.75, 3.05) is 12.4 Å². The quantitative estimate of drug-likeness (QED) is 0.683. The van der Waals surface area contributed by atoms with E-state index in [1.807, 2.05) is 0 Å². The molecular formula is C10H11FN2O. The predicted molar refractivity (Wildman–Crippen MR) is 53.7 cm³/mol. The molecule has 3 nitrogen and oxygen atoms in total. The van der Waals surface area contributed by atoms with Gasteiger partial charge < -0.3 is 15.4 Å². The fraction of sp³-hybridized carbons (Fsp3) is 0.200. The van der Waals surface area contributed by atoms with Crippen molar-refractivity contribution in [3.63, 3.8) is 0 Å². The molecular weight excluding hydrogens is 183 g/mol. The van der Waals surface area contributed by atoms with E-state index in [-0.39, 0.29) is 12.4 Å². The van der Waals surface area contributed by atoms with E-state index in [2.05, 4.69) is 10.3 Å². The van der Waals surface area contributed by atoms with E-state index in [0.717, 1.165) is 10.9 Å². The number of H-pyrrole nitrogens is 1. The summed E-state index contributed by atoms with van der Waals surface area (Å²) in [5.74, 6) is -0.309. The van der Waals surface area contributed by atoms with Crippen LogP contribution in [0, 0.1) is 5.82 Å². The van der Waals surface area contributed by atoms with E-state index in [0.29, 0.717) is 11.3 Å². The molecule has 0 aliphatic carbocycles. The molecule has 3 N–H and O–H groups in total. The number of benzene rings is 1. The summed E-state index contributed by atoms with van der Waals surface area (Å²) >= 11 is 0. The lowest BCUT2D eigenvalue weighted by Gasteiger charge is -2.02. The Balaban J connectivity index is 2.76. The SMILES string of the molecule is CNc1cc(F)cc2c(CO)c[nH]c12. The van der Waals surface area contributed by atoms with Crippen LogP contribution in [-0.4, -0.2) is 17.1 Å². The highest BCUT2D eigenvalue weighted by atomic mass is 19.1. The van der Waals surface area contributed by atoms with Crippen molar-refractivity contribution in [2.45, 2.75) is 6.61 Å². The van der Waals surface area contributed by atoms with Gasteiger partial charge in [0.15, 0.2) is 0 Å². The van der Waals surface area contributed by atoms with Crippen LogP contribution in [0.15, 0.2) is 18.3 Å². The molecule has 0 aliphatic heterocycles. The molecule has 0 bridgehead atoms. The topological polar surface area (TPSA) is 48.0 Å². The minimum absolute atomic E-state index is 0.0907. The zero-order valence-electron chi connectivity index (χ0n) is 7.76. The zero-order chi connectivity index (χ0) is 10.1. The Kier molecular flexibility index (Phi) is 2.13. The second-order valence-electron chi connectivity index (χ2n) is 3.10. The number of fused-ring (bicyclic) bond motifs is 1. The number of nitrogens with one attached hydrogen (secondary N) is 2. The number of hydrogen-bond acceptors (Lipinski definition) is 2. The maximum Gasteiger partial charge on any atom is 0.126 e. The predicted octanol–water partition coefficient (Wildman–Crippen LogP) is 1.84. The maximum atomic E-state index is 13.1. The smallest absolute Gasteiger partial charge is 0.126 e. The fourth-order valence-electron chi connectivity index (χ4n) is 1.58. The van der Waals surface area contributed by atoms with Gasteiger partial charge in [0, 0.05) is 24.2 Å². The second-order valence-corrected chi connectivity index (χ2v) is 3.10. The van der Waals surface area contributed by atoms with Crippen LogP contribution in [0.3, 0.4) is 0 Å². The lowest BCUT2D eigenvalue weighted by Crippen LogP contribution is -1.91. The summed E-state index contributed by atoms with van der Waals surface area (Å²) in [6.07, 6.45) is 1.69. The first-order valence-corrected chi connectivity index (χ1v) is 4.34. The molecule has 1 aromatic heterocycles. The van der Waals surface area contributed by atoms with E-state index in [9.17, 15) is 4.39 Å². The molecule has 0 fully saturated rings. The average Bonchev–Trinajstić information content (AvgIpc) is 2.59. The van der Waals surface area contributed by atoms with Gasteiger partial charge in [-0.05, 0) is 12.1 Å². The molecule has 0 amide bonds. The van der Waals surface area contributed by atoms with Crippen LogP contribution in [0.25, 0.3) is 10.9 Å². The lowest BCUT2D eigenvalue weighted by molar-refractivity contribution is 0.283. The number of anilines is 1. The summed E-state index contributed by atoms with van der Waals surface area (Å²) in [4.78, 5) is 3.00. The average molecular weight is 194 g/mol. The lowest BCUT2D eigenvalue weighted by atomic mass is 10.1. The minimum atomic E-state index is -0.309. The highest BCUT2D eigenvalue weighted by molar-refractivity contribution is 5.93. The van der Waals surface area contributed by atoms with E-state index < -0.39 is 0 Å². The summed E-state index contributed by atoms with van der Waals surface area (Å²) in [7, 11) is 1.73. The monoisotopic (exact) mass is 194 g/mol. The molecule has 2 aromatic rings. The molecule has 0 saturated carbocycles. The third kappa shape index (κ3) is 1.24. The van der Waals surface area contributed by atoms with Crippen molar-refractivity contribution in [1.82, 2.24) is 4.98 Å². The Labute approximate surface area is 80.6 Å². The van der Waals surface area contributed by atoms with Gasteiger partial charge in [-0.3, -0.25) is 0 Å². The van der Waals surface area contributed by atoms with Gasteiger partial charge in [-0.2, -0.15) is 0 Å². The summed E-state index contributed by atoms with van der Waals surface area (Å²) in [6.45, 7) is -0.0907. The number of aromatic nitrogens is 1. The zero-order valence-corrected chi connectivity index (χ0v) is 7.76. The van der Waals surface area contributed by atoms with Crippen LogP contribution < -0.4 is 5.32 Å². The van der Waals surface area contributed by atoms with Gasteiger partial charge >= 0.3 is 0 Å². The van der Waals surface area contributed by atoms with Crippen LogP contribution in [0.2, 0.25) is 0 Å². The first-order valence-electron chi connectivity index (χ1n) is 4.34. The van der Waals surface area contributed by atoms with Gasteiger partial charge in [0.2, 0.25) is 0 Å². The Bertz CT molecular complexity index is 464. The van der Waals surface area contributed by atoms with E-state index in [1.165, 1.54) is 12.1 Å². The van der Waals surface area contributed by atoms with Crippen molar-refractivity contribution in [3.8, 4) is 0 Å². The highest BCUT2D eigenvalue weighted by Crippen LogP contribution is 2.26. The Hall–Kier alpha value is -1.55. The molecule has 2 rings (SSSR count). The summed E-state index contributed by atoms with van der Waals surface area (Å²) in [5.41, 5.74) is 2.22. The first kappa shape index (κ1) is 9.02. The van der Waals surface area contributed by atoms with Gasteiger partial charge in [-0.1, -0.05) is 0 Å². The van der Waals surface area contributed by atoms with Crippen molar-refractivity contribution in [1.29, 1.82) is 0 Å². The second kappa shape index (κ2) is 3.31. The number of rotatable bonds is 2. The van der Waals surface area contributed by atoms with Gasteiger partial charge in [-0.15, -0.1) is 0 Å². The van der Waals surface area contributed by atoms with Crippen LogP contribution >= 0.6 is 0 Å². The van der Waals surface area contributed by atoms with Gasteiger partial charge in [-0.25, -0.2) is 4.39 Å². The summed E-state index contributed by atoms with van der Waals surface area (Å²) < 4.78 is 13.1. The third-order valence-electron chi connectivity index (χ3n) is 2.28. The molecule has 4 heteroatoms. The van der Waals surface area contributed by atoms with Gasteiger partial charge in [0.1, 0.15) is 5.82 Å². The summed E-state index contributed by atoms with van der Waals surface area (Å²) in [5, 5.41) is 12.6. The number of halogens is 1. The summed E-state index contributed by atoms with van der Waals surface area (Å²) in [6, 6.07) is 2.83. The number of aromatic amines is 1. The molecule has 74 valence electrons. The fourth-order valence-corrected chi connectivity index (χ4v) is 1.58. The molecule has 0 aliphatic rings. The standard InChI is InChI=1S/C10H11FN2O/c1-12-9-3-7(11)2-8-6(5-14)4-13-10(8)9/h2-4,12-14H,5H2,1H3. The molecule has 0 saturated heterocycles. The molecule has 14 heavy (non-hydrogen) atoms. The first-order chi connectivity index (χ1) is 6.76. The number of hydrogen-bond donors (Lipinski definition) is 3. The Morgan fingerprint density at radius 1 is 1.50 bits per heavy atom. The van der Waals surface area contributed by atoms with Crippen LogP contribution in [0.1, 0.15) is 5.56 Å². The van der Waals surface area contributed by atoms with E-state index in [4.69, 9.17) is 5.11 Å². The largest absolute Gasteiger partial charge is 0.392 e. The molecule has 1 heterocycles. The highest BCUT2D eigenvalue weighted by Gasteiger charge is 2.08. The van der Waals surface area contributed by atoms with E-state index >= 15 is 0 Å².